The lowest BCUT2D eigenvalue weighted by molar-refractivity contribution is 0.229. The fourth-order valence-electron chi connectivity index (χ4n) is 0.516. The molecule has 6 nitrogen and oxygen atoms in total. The third-order valence-electron chi connectivity index (χ3n) is 0.947. The Kier molecular flexibility index (Phi) is 2.52. The van der Waals surface area contributed by atoms with Crippen molar-refractivity contribution < 1.29 is 22.8 Å². The summed E-state index contributed by atoms with van der Waals surface area (Å²) in [6.45, 7) is 0.779. The number of rotatable bonds is 3. The normalized spacial score (nSPS) is 15.8. The second-order valence-corrected chi connectivity index (χ2v) is 3.99. The highest BCUT2D eigenvalue weighted by atomic mass is 31.2. The van der Waals surface area contributed by atoms with E-state index in [-0.39, 0.29) is 12.4 Å². The van der Waals surface area contributed by atoms with Crippen LogP contribution in [0.4, 0.5) is 0 Å². The van der Waals surface area contributed by atoms with Gasteiger partial charge in [0.2, 0.25) is 0 Å². The Hall–Kier alpha value is -0.840. The molecule has 0 aromatic carbocycles. The first kappa shape index (κ1) is 9.25. The first-order chi connectivity index (χ1) is 5.47. The molecule has 1 aromatic rings. The van der Waals surface area contributed by atoms with E-state index in [4.69, 9.17) is 4.89 Å². The van der Waals surface area contributed by atoms with Gasteiger partial charge >= 0.3 is 13.4 Å². The van der Waals surface area contributed by atoms with Crippen LogP contribution >= 0.6 is 7.60 Å². The molecular formula is C5H7O6P. The summed E-state index contributed by atoms with van der Waals surface area (Å²) in [6.07, 6.45) is 1.03. The monoisotopic (exact) mass is 194 g/mol. The molecule has 0 aliphatic heterocycles. The van der Waals surface area contributed by atoms with Crippen LogP contribution in [0.15, 0.2) is 19.9 Å². The van der Waals surface area contributed by atoms with Crippen molar-refractivity contribution in [2.24, 2.45) is 0 Å². The van der Waals surface area contributed by atoms with Gasteiger partial charge in [0.05, 0.1) is 0 Å². The van der Waals surface area contributed by atoms with E-state index in [1.165, 1.54) is 0 Å². The van der Waals surface area contributed by atoms with Crippen LogP contribution in [0.3, 0.4) is 0 Å². The van der Waals surface area contributed by atoms with Crippen molar-refractivity contribution in [3.05, 3.63) is 22.6 Å². The summed E-state index contributed by atoms with van der Waals surface area (Å²) < 4.78 is 23.7. The van der Waals surface area contributed by atoms with Crippen molar-refractivity contribution in [3.63, 3.8) is 0 Å². The quantitative estimate of drug-likeness (QED) is 0.707. The number of hydrogen-bond acceptors (Lipinski definition) is 5. The molecule has 0 saturated heterocycles. The molecule has 1 rings (SSSR count). The standard InChI is InChI=1S/C5H7O6P/c1-12(7,8)10-3-4-2-9-5(6)11-4/h2H,3H2,1H3,(H,7,8). The lowest BCUT2D eigenvalue weighted by Crippen LogP contribution is -1.90. The lowest BCUT2D eigenvalue weighted by atomic mass is 10.6. The average molecular weight is 194 g/mol. The third-order valence-corrected chi connectivity index (χ3v) is 1.56. The number of hydrogen-bond donors (Lipinski definition) is 1. The molecule has 1 N–H and O–H groups in total. The van der Waals surface area contributed by atoms with Crippen LogP contribution in [0.1, 0.15) is 5.76 Å². The van der Waals surface area contributed by atoms with Crippen LogP contribution < -0.4 is 5.82 Å². The molecule has 0 spiro atoms. The zero-order chi connectivity index (χ0) is 9.19. The van der Waals surface area contributed by atoms with Crippen molar-refractivity contribution >= 4 is 7.60 Å². The van der Waals surface area contributed by atoms with Gasteiger partial charge in [0.15, 0.2) is 5.76 Å². The van der Waals surface area contributed by atoms with E-state index in [9.17, 15) is 9.36 Å². The van der Waals surface area contributed by atoms with E-state index >= 15 is 0 Å². The van der Waals surface area contributed by atoms with Gasteiger partial charge in [0, 0.05) is 6.66 Å². The third kappa shape index (κ3) is 3.04. The minimum atomic E-state index is -3.53. The van der Waals surface area contributed by atoms with Crippen LogP contribution in [0.2, 0.25) is 0 Å². The van der Waals surface area contributed by atoms with Crippen molar-refractivity contribution in [3.8, 4) is 0 Å². The molecule has 1 atom stereocenters. The van der Waals surface area contributed by atoms with Gasteiger partial charge < -0.3 is 18.3 Å². The minimum Gasteiger partial charge on any atom is -0.399 e. The molecule has 0 saturated carbocycles. The van der Waals surface area contributed by atoms with Gasteiger partial charge in [-0.25, -0.2) is 4.79 Å². The molecule has 1 aromatic heterocycles. The van der Waals surface area contributed by atoms with Gasteiger partial charge in [-0.15, -0.1) is 0 Å². The molecule has 0 aliphatic rings. The SMILES string of the molecule is CP(=O)(O)OCc1coc(=O)o1. The van der Waals surface area contributed by atoms with Crippen molar-refractivity contribution in [2.75, 3.05) is 6.66 Å². The molecule has 1 heterocycles. The average Bonchev–Trinajstić information content (AvgIpc) is 2.30. The second-order valence-electron chi connectivity index (χ2n) is 2.13. The van der Waals surface area contributed by atoms with Gasteiger partial charge in [0.25, 0.3) is 0 Å². The summed E-state index contributed by atoms with van der Waals surface area (Å²) in [5.41, 5.74) is 0. The topological polar surface area (TPSA) is 89.9 Å². The largest absolute Gasteiger partial charge is 0.518 e. The molecular weight excluding hydrogens is 187 g/mol. The Balaban J connectivity index is 2.55. The Bertz CT molecular complexity index is 343. The van der Waals surface area contributed by atoms with E-state index in [0.717, 1.165) is 12.9 Å². The van der Waals surface area contributed by atoms with Crippen LogP contribution in [0, 0.1) is 0 Å². The van der Waals surface area contributed by atoms with E-state index < -0.39 is 13.4 Å². The summed E-state index contributed by atoms with van der Waals surface area (Å²) in [5.74, 6) is -0.784. The molecule has 0 radical (unpaired) electrons. The maximum Gasteiger partial charge on any atom is 0.518 e. The summed E-state index contributed by atoms with van der Waals surface area (Å²) in [6, 6.07) is 0. The smallest absolute Gasteiger partial charge is 0.399 e. The highest BCUT2D eigenvalue weighted by molar-refractivity contribution is 7.51. The fourth-order valence-corrected chi connectivity index (χ4v) is 0.883. The summed E-state index contributed by atoms with van der Waals surface area (Å²) >= 11 is 0. The van der Waals surface area contributed by atoms with Gasteiger partial charge in [-0.3, -0.25) is 4.57 Å². The van der Waals surface area contributed by atoms with Crippen molar-refractivity contribution in [1.82, 2.24) is 0 Å². The van der Waals surface area contributed by atoms with Gasteiger partial charge in [-0.2, -0.15) is 0 Å². The highest BCUT2D eigenvalue weighted by Crippen LogP contribution is 2.37. The van der Waals surface area contributed by atoms with Crippen LogP contribution in [0.5, 0.6) is 0 Å². The van der Waals surface area contributed by atoms with Crippen molar-refractivity contribution in [1.29, 1.82) is 0 Å². The molecule has 1 unspecified atom stereocenters. The zero-order valence-corrected chi connectivity index (χ0v) is 7.11. The molecule has 0 fully saturated rings. The van der Waals surface area contributed by atoms with Crippen LogP contribution in [-0.2, 0) is 15.7 Å². The van der Waals surface area contributed by atoms with E-state index in [1.54, 1.807) is 0 Å². The Morgan fingerprint density at radius 2 is 2.42 bits per heavy atom. The Labute approximate surface area is 67.3 Å². The van der Waals surface area contributed by atoms with Crippen LogP contribution in [0.25, 0.3) is 0 Å². The predicted octanol–water partition coefficient (Wildman–Crippen LogP) is 0.565. The molecule has 12 heavy (non-hydrogen) atoms. The first-order valence-electron chi connectivity index (χ1n) is 3.00. The second kappa shape index (κ2) is 3.26. The van der Waals surface area contributed by atoms with E-state index in [0.29, 0.717) is 0 Å². The Morgan fingerprint density at radius 1 is 1.75 bits per heavy atom. The fraction of sp³-hybridized carbons (Fsp3) is 0.400. The molecule has 68 valence electrons. The van der Waals surface area contributed by atoms with E-state index in [1.807, 2.05) is 0 Å². The predicted molar refractivity (Wildman–Crippen MR) is 37.8 cm³/mol. The van der Waals surface area contributed by atoms with Crippen LogP contribution in [-0.4, -0.2) is 11.6 Å². The zero-order valence-electron chi connectivity index (χ0n) is 6.22. The minimum absolute atomic E-state index is 0.0797. The molecule has 7 heteroatoms. The molecule has 0 amide bonds. The Morgan fingerprint density at radius 3 is 2.83 bits per heavy atom. The summed E-state index contributed by atoms with van der Waals surface area (Å²) in [7, 11) is -3.53. The first-order valence-corrected chi connectivity index (χ1v) is 5.02. The van der Waals surface area contributed by atoms with Gasteiger partial charge in [0.1, 0.15) is 12.9 Å². The van der Waals surface area contributed by atoms with Crippen molar-refractivity contribution in [2.45, 2.75) is 6.61 Å². The maximum absolute atomic E-state index is 10.6. The van der Waals surface area contributed by atoms with Gasteiger partial charge in [-0.1, -0.05) is 0 Å². The van der Waals surface area contributed by atoms with E-state index in [2.05, 4.69) is 13.4 Å². The summed E-state index contributed by atoms with van der Waals surface area (Å²) in [5, 5.41) is 0. The maximum atomic E-state index is 10.6. The molecule has 0 bridgehead atoms. The summed E-state index contributed by atoms with van der Waals surface area (Å²) in [4.78, 5) is 19.0. The highest BCUT2D eigenvalue weighted by Gasteiger charge is 2.11. The van der Waals surface area contributed by atoms with Gasteiger partial charge in [-0.05, 0) is 0 Å². The molecule has 0 aliphatic carbocycles. The lowest BCUT2D eigenvalue weighted by Gasteiger charge is -2.02.